The summed E-state index contributed by atoms with van der Waals surface area (Å²) in [7, 11) is 1.76. The van der Waals surface area contributed by atoms with E-state index in [1.165, 1.54) is 0 Å². The Morgan fingerprint density at radius 2 is 1.84 bits per heavy atom. The average Bonchev–Trinajstić information content (AvgIpc) is 2.97. The van der Waals surface area contributed by atoms with Crippen LogP contribution in [0.3, 0.4) is 0 Å². The van der Waals surface area contributed by atoms with E-state index in [0.717, 1.165) is 22.6 Å². The number of benzene rings is 2. The summed E-state index contributed by atoms with van der Waals surface area (Å²) in [6.45, 7) is 2.82. The van der Waals surface area contributed by atoms with E-state index in [0.29, 0.717) is 18.8 Å². The number of nitrogens with zero attached hydrogens (tertiary/aromatic N) is 2. The van der Waals surface area contributed by atoms with Gasteiger partial charge in [-0.05, 0) is 36.2 Å². The molecular formula is C20H21N3O2. The van der Waals surface area contributed by atoms with Crippen molar-refractivity contribution in [1.82, 2.24) is 15.1 Å². The van der Waals surface area contributed by atoms with Gasteiger partial charge >= 0.3 is 0 Å². The van der Waals surface area contributed by atoms with Crippen molar-refractivity contribution >= 4 is 5.91 Å². The molecule has 0 radical (unpaired) electrons. The SMILES string of the molecule is Cc1cc(C(=O)NCc2cccc(OCc3ccccc3)c2)n(C)n1. The van der Waals surface area contributed by atoms with E-state index < -0.39 is 0 Å². The van der Waals surface area contributed by atoms with Crippen LogP contribution in [0.2, 0.25) is 0 Å². The van der Waals surface area contributed by atoms with E-state index in [4.69, 9.17) is 4.74 Å². The molecule has 5 heteroatoms. The molecule has 0 saturated heterocycles. The molecule has 0 bridgehead atoms. The number of nitrogens with one attached hydrogen (secondary N) is 1. The Labute approximate surface area is 147 Å². The fraction of sp³-hybridized carbons (Fsp3) is 0.200. The van der Waals surface area contributed by atoms with Gasteiger partial charge < -0.3 is 10.1 Å². The molecule has 3 aromatic rings. The maximum atomic E-state index is 12.2. The molecule has 0 atom stereocenters. The van der Waals surface area contributed by atoms with Crippen molar-refractivity contribution in [2.45, 2.75) is 20.1 Å². The number of carbonyl (C=O) groups is 1. The normalized spacial score (nSPS) is 10.5. The standard InChI is InChI=1S/C20H21N3O2/c1-15-11-19(23(2)22-15)20(24)21-13-17-9-6-10-18(12-17)25-14-16-7-4-3-5-8-16/h3-12H,13-14H2,1-2H3,(H,21,24). The fourth-order valence-corrected chi connectivity index (χ4v) is 2.58. The first-order chi connectivity index (χ1) is 12.1. The second kappa shape index (κ2) is 7.66. The van der Waals surface area contributed by atoms with Gasteiger partial charge in [-0.15, -0.1) is 0 Å². The number of amides is 1. The van der Waals surface area contributed by atoms with Crippen LogP contribution in [0.1, 0.15) is 27.3 Å². The largest absolute Gasteiger partial charge is 0.489 e. The first-order valence-corrected chi connectivity index (χ1v) is 8.16. The molecule has 128 valence electrons. The molecular weight excluding hydrogens is 314 g/mol. The summed E-state index contributed by atoms with van der Waals surface area (Å²) < 4.78 is 7.41. The van der Waals surface area contributed by atoms with Crippen molar-refractivity contribution in [3.05, 3.63) is 83.2 Å². The van der Waals surface area contributed by atoms with Crippen molar-refractivity contribution < 1.29 is 9.53 Å². The molecule has 1 heterocycles. The fourth-order valence-electron chi connectivity index (χ4n) is 2.58. The molecule has 5 nitrogen and oxygen atoms in total. The van der Waals surface area contributed by atoms with Crippen LogP contribution in [0.15, 0.2) is 60.7 Å². The quantitative estimate of drug-likeness (QED) is 0.752. The highest BCUT2D eigenvalue weighted by Crippen LogP contribution is 2.15. The lowest BCUT2D eigenvalue weighted by molar-refractivity contribution is 0.0941. The van der Waals surface area contributed by atoms with Crippen LogP contribution in [-0.4, -0.2) is 15.7 Å². The van der Waals surface area contributed by atoms with E-state index in [1.807, 2.05) is 61.5 Å². The Kier molecular flexibility index (Phi) is 5.14. The van der Waals surface area contributed by atoms with Gasteiger partial charge in [0.15, 0.2) is 0 Å². The average molecular weight is 335 g/mol. The van der Waals surface area contributed by atoms with Crippen molar-refractivity contribution in [3.8, 4) is 5.75 Å². The van der Waals surface area contributed by atoms with Crippen molar-refractivity contribution in [3.63, 3.8) is 0 Å². The first-order valence-electron chi connectivity index (χ1n) is 8.16. The van der Waals surface area contributed by atoms with Gasteiger partial charge in [0.25, 0.3) is 5.91 Å². The number of aryl methyl sites for hydroxylation is 2. The van der Waals surface area contributed by atoms with Gasteiger partial charge in [0.1, 0.15) is 18.1 Å². The van der Waals surface area contributed by atoms with Gasteiger partial charge in [0, 0.05) is 13.6 Å². The van der Waals surface area contributed by atoms with Crippen LogP contribution in [0.25, 0.3) is 0 Å². The summed E-state index contributed by atoms with van der Waals surface area (Å²) in [4.78, 5) is 12.2. The van der Waals surface area contributed by atoms with Gasteiger partial charge in [-0.3, -0.25) is 9.48 Å². The van der Waals surface area contributed by atoms with Crippen LogP contribution in [0, 0.1) is 6.92 Å². The molecule has 0 unspecified atom stereocenters. The van der Waals surface area contributed by atoms with Crippen LogP contribution in [-0.2, 0) is 20.2 Å². The minimum atomic E-state index is -0.140. The predicted octanol–water partition coefficient (Wildman–Crippen LogP) is 3.24. The Morgan fingerprint density at radius 1 is 1.08 bits per heavy atom. The molecule has 3 rings (SSSR count). The third-order valence-electron chi connectivity index (χ3n) is 3.83. The Hall–Kier alpha value is -3.08. The van der Waals surface area contributed by atoms with Crippen LogP contribution >= 0.6 is 0 Å². The molecule has 0 fully saturated rings. The van der Waals surface area contributed by atoms with Crippen molar-refractivity contribution in [2.24, 2.45) is 7.05 Å². The number of hydrogen-bond acceptors (Lipinski definition) is 3. The zero-order chi connectivity index (χ0) is 17.6. The summed E-state index contributed by atoms with van der Waals surface area (Å²) in [5.41, 5.74) is 3.48. The molecule has 2 aromatic carbocycles. The third kappa shape index (κ3) is 4.47. The number of aromatic nitrogens is 2. The molecule has 0 aliphatic rings. The molecule has 0 spiro atoms. The second-order valence-electron chi connectivity index (χ2n) is 5.90. The molecule has 0 aliphatic carbocycles. The number of rotatable bonds is 6. The zero-order valence-electron chi connectivity index (χ0n) is 14.4. The monoisotopic (exact) mass is 335 g/mol. The number of ether oxygens (including phenoxy) is 1. The van der Waals surface area contributed by atoms with Gasteiger partial charge in [-0.2, -0.15) is 5.10 Å². The van der Waals surface area contributed by atoms with E-state index in [2.05, 4.69) is 10.4 Å². The van der Waals surface area contributed by atoms with E-state index in [-0.39, 0.29) is 5.91 Å². The third-order valence-corrected chi connectivity index (χ3v) is 3.83. The lowest BCUT2D eigenvalue weighted by Gasteiger charge is -2.09. The first kappa shape index (κ1) is 16.8. The summed E-state index contributed by atoms with van der Waals surface area (Å²) in [5, 5.41) is 7.11. The maximum Gasteiger partial charge on any atom is 0.269 e. The summed E-state index contributed by atoms with van der Waals surface area (Å²) >= 11 is 0. The predicted molar refractivity (Wildman–Crippen MR) is 96.3 cm³/mol. The second-order valence-corrected chi connectivity index (χ2v) is 5.90. The van der Waals surface area contributed by atoms with E-state index >= 15 is 0 Å². The van der Waals surface area contributed by atoms with Gasteiger partial charge in [0.2, 0.25) is 0 Å². The summed E-state index contributed by atoms with van der Waals surface area (Å²) in [6.07, 6.45) is 0. The highest BCUT2D eigenvalue weighted by Gasteiger charge is 2.11. The molecule has 0 saturated carbocycles. The Balaban J connectivity index is 1.58. The van der Waals surface area contributed by atoms with Gasteiger partial charge in [-0.25, -0.2) is 0 Å². The summed E-state index contributed by atoms with van der Waals surface area (Å²) in [6, 6.07) is 19.5. The number of carbonyl (C=O) groups excluding carboxylic acids is 1. The molecule has 25 heavy (non-hydrogen) atoms. The minimum absolute atomic E-state index is 0.140. The smallest absolute Gasteiger partial charge is 0.269 e. The van der Waals surface area contributed by atoms with E-state index in [1.54, 1.807) is 17.8 Å². The molecule has 0 aliphatic heterocycles. The summed E-state index contributed by atoms with van der Waals surface area (Å²) in [5.74, 6) is 0.644. The topological polar surface area (TPSA) is 56.1 Å². The lowest BCUT2D eigenvalue weighted by atomic mass is 10.2. The zero-order valence-corrected chi connectivity index (χ0v) is 14.4. The lowest BCUT2D eigenvalue weighted by Crippen LogP contribution is -2.25. The van der Waals surface area contributed by atoms with Gasteiger partial charge in [0.05, 0.1) is 5.69 Å². The molecule has 1 aromatic heterocycles. The van der Waals surface area contributed by atoms with Gasteiger partial charge in [-0.1, -0.05) is 42.5 Å². The van der Waals surface area contributed by atoms with Crippen LogP contribution in [0.5, 0.6) is 5.75 Å². The molecule has 1 N–H and O–H groups in total. The Morgan fingerprint density at radius 3 is 2.56 bits per heavy atom. The van der Waals surface area contributed by atoms with Crippen LogP contribution < -0.4 is 10.1 Å². The van der Waals surface area contributed by atoms with Crippen LogP contribution in [0.4, 0.5) is 0 Å². The maximum absolute atomic E-state index is 12.2. The molecule has 1 amide bonds. The number of hydrogen-bond donors (Lipinski definition) is 1. The van der Waals surface area contributed by atoms with E-state index in [9.17, 15) is 4.79 Å². The van der Waals surface area contributed by atoms with Crippen molar-refractivity contribution in [2.75, 3.05) is 0 Å². The highest BCUT2D eigenvalue weighted by atomic mass is 16.5. The Bertz CT molecular complexity index is 856. The highest BCUT2D eigenvalue weighted by molar-refractivity contribution is 5.92. The van der Waals surface area contributed by atoms with Crippen molar-refractivity contribution in [1.29, 1.82) is 0 Å². The minimum Gasteiger partial charge on any atom is -0.489 e.